The minimum Gasteiger partial charge on any atom is -0.463 e. The van der Waals surface area contributed by atoms with Crippen molar-refractivity contribution in [3.63, 3.8) is 0 Å². The van der Waals surface area contributed by atoms with E-state index in [0.717, 1.165) is 25.9 Å². The number of unbranched alkanes of at least 4 members (excludes halogenated alkanes) is 2. The molecule has 0 fully saturated rings. The molecule has 1 aromatic rings. The SMILES string of the molecule is CCOC(=O)/C=C/[C@H](O)CCCCCOCc1ccccc1. The van der Waals surface area contributed by atoms with Gasteiger partial charge in [-0.1, -0.05) is 43.2 Å². The fourth-order valence-corrected chi connectivity index (χ4v) is 1.97. The van der Waals surface area contributed by atoms with Crippen LogP contribution >= 0.6 is 0 Å². The second-order valence-corrected chi connectivity index (χ2v) is 5.07. The molecule has 0 aromatic heterocycles. The predicted molar refractivity (Wildman–Crippen MR) is 86.3 cm³/mol. The highest BCUT2D eigenvalue weighted by Crippen LogP contribution is 2.06. The van der Waals surface area contributed by atoms with Gasteiger partial charge in [0.05, 0.1) is 19.3 Å². The Morgan fingerprint density at radius 2 is 2.00 bits per heavy atom. The van der Waals surface area contributed by atoms with Crippen molar-refractivity contribution in [3.05, 3.63) is 48.0 Å². The number of hydrogen-bond donors (Lipinski definition) is 1. The van der Waals surface area contributed by atoms with Crippen LogP contribution in [0.3, 0.4) is 0 Å². The number of aliphatic hydroxyl groups is 1. The quantitative estimate of drug-likeness (QED) is 0.387. The van der Waals surface area contributed by atoms with E-state index in [0.29, 0.717) is 19.6 Å². The first-order chi connectivity index (χ1) is 10.7. The van der Waals surface area contributed by atoms with Crippen LogP contribution in [-0.4, -0.2) is 30.4 Å². The number of ether oxygens (including phenoxy) is 2. The molecule has 1 N–H and O–H groups in total. The van der Waals surface area contributed by atoms with E-state index in [1.807, 2.05) is 30.3 Å². The van der Waals surface area contributed by atoms with Gasteiger partial charge < -0.3 is 14.6 Å². The second-order valence-electron chi connectivity index (χ2n) is 5.07. The fraction of sp³-hybridized carbons (Fsp3) is 0.500. The Hall–Kier alpha value is -1.65. The van der Waals surface area contributed by atoms with Crippen LogP contribution in [0.5, 0.6) is 0 Å². The third-order valence-corrected chi connectivity index (χ3v) is 3.14. The highest BCUT2D eigenvalue weighted by molar-refractivity contribution is 5.81. The minimum absolute atomic E-state index is 0.349. The lowest BCUT2D eigenvalue weighted by atomic mass is 10.1. The molecule has 0 unspecified atom stereocenters. The van der Waals surface area contributed by atoms with E-state index in [2.05, 4.69) is 0 Å². The Balaban J connectivity index is 1.97. The molecule has 1 rings (SSSR count). The van der Waals surface area contributed by atoms with Crippen LogP contribution in [0.1, 0.15) is 38.2 Å². The number of hydrogen-bond acceptors (Lipinski definition) is 4. The van der Waals surface area contributed by atoms with Crippen molar-refractivity contribution < 1.29 is 19.4 Å². The third-order valence-electron chi connectivity index (χ3n) is 3.14. The number of rotatable bonds is 11. The first kappa shape index (κ1) is 18.4. The summed E-state index contributed by atoms with van der Waals surface area (Å²) in [6.07, 6.45) is 5.72. The van der Waals surface area contributed by atoms with Crippen LogP contribution in [0.4, 0.5) is 0 Å². The van der Waals surface area contributed by atoms with Gasteiger partial charge in [-0.2, -0.15) is 0 Å². The zero-order valence-electron chi connectivity index (χ0n) is 13.2. The molecule has 0 saturated carbocycles. The molecular formula is C18H26O4. The van der Waals surface area contributed by atoms with Crippen LogP contribution in [0.2, 0.25) is 0 Å². The molecule has 0 heterocycles. The molecule has 0 aliphatic rings. The maximum Gasteiger partial charge on any atom is 0.330 e. The van der Waals surface area contributed by atoms with Crippen LogP contribution in [-0.2, 0) is 20.9 Å². The van der Waals surface area contributed by atoms with E-state index in [1.165, 1.54) is 17.7 Å². The number of carbonyl (C=O) groups is 1. The molecule has 22 heavy (non-hydrogen) atoms. The normalized spacial score (nSPS) is 12.5. The van der Waals surface area contributed by atoms with Gasteiger partial charge in [0.1, 0.15) is 0 Å². The van der Waals surface area contributed by atoms with Crippen molar-refractivity contribution in [2.24, 2.45) is 0 Å². The van der Waals surface area contributed by atoms with Gasteiger partial charge >= 0.3 is 5.97 Å². The molecular weight excluding hydrogens is 280 g/mol. The lowest BCUT2D eigenvalue weighted by Crippen LogP contribution is -2.05. The lowest BCUT2D eigenvalue weighted by Gasteiger charge is -2.06. The summed E-state index contributed by atoms with van der Waals surface area (Å²) >= 11 is 0. The van der Waals surface area contributed by atoms with Gasteiger partial charge in [0.25, 0.3) is 0 Å². The third kappa shape index (κ3) is 9.32. The van der Waals surface area contributed by atoms with E-state index in [9.17, 15) is 9.90 Å². The van der Waals surface area contributed by atoms with E-state index < -0.39 is 12.1 Å². The van der Waals surface area contributed by atoms with Gasteiger partial charge in [-0.25, -0.2) is 4.79 Å². The Labute approximate surface area is 132 Å². The largest absolute Gasteiger partial charge is 0.463 e. The van der Waals surface area contributed by atoms with Crippen molar-refractivity contribution in [1.82, 2.24) is 0 Å². The summed E-state index contributed by atoms with van der Waals surface area (Å²) < 4.78 is 10.3. The summed E-state index contributed by atoms with van der Waals surface area (Å²) in [6.45, 7) is 3.47. The molecule has 0 spiro atoms. The smallest absolute Gasteiger partial charge is 0.330 e. The highest BCUT2D eigenvalue weighted by Gasteiger charge is 2.01. The van der Waals surface area contributed by atoms with Crippen molar-refractivity contribution >= 4 is 5.97 Å². The highest BCUT2D eigenvalue weighted by atomic mass is 16.5. The zero-order valence-corrected chi connectivity index (χ0v) is 13.2. The topological polar surface area (TPSA) is 55.8 Å². The Kier molecular flexibility index (Phi) is 9.99. The van der Waals surface area contributed by atoms with Crippen molar-refractivity contribution in [3.8, 4) is 0 Å². The maximum atomic E-state index is 11.1. The van der Waals surface area contributed by atoms with Gasteiger partial charge in [-0.15, -0.1) is 0 Å². The lowest BCUT2D eigenvalue weighted by molar-refractivity contribution is -0.137. The zero-order chi connectivity index (χ0) is 16.0. The predicted octanol–water partition coefficient (Wildman–Crippen LogP) is 3.24. The maximum absolute atomic E-state index is 11.1. The first-order valence-corrected chi connectivity index (χ1v) is 7.87. The molecule has 1 atom stereocenters. The van der Waals surface area contributed by atoms with Gasteiger partial charge in [0.15, 0.2) is 0 Å². The van der Waals surface area contributed by atoms with E-state index in [4.69, 9.17) is 9.47 Å². The number of benzene rings is 1. The van der Waals surface area contributed by atoms with Gasteiger partial charge in [0, 0.05) is 12.7 Å². The summed E-state index contributed by atoms with van der Waals surface area (Å²) in [5, 5.41) is 9.69. The molecule has 0 aliphatic heterocycles. The molecule has 1 aromatic carbocycles. The standard InChI is InChI=1S/C18H26O4/c1-2-22-18(20)13-12-17(19)11-7-4-8-14-21-15-16-9-5-3-6-10-16/h3,5-6,9-10,12-13,17,19H,2,4,7-8,11,14-15H2,1H3/b13-12+/t17-/m1/s1. The average molecular weight is 306 g/mol. The molecule has 0 bridgehead atoms. The molecule has 0 amide bonds. The minimum atomic E-state index is -0.588. The monoisotopic (exact) mass is 306 g/mol. The summed E-state index contributed by atoms with van der Waals surface area (Å²) in [6, 6.07) is 10.1. The fourth-order valence-electron chi connectivity index (χ4n) is 1.97. The van der Waals surface area contributed by atoms with Crippen LogP contribution in [0, 0.1) is 0 Å². The van der Waals surface area contributed by atoms with Crippen LogP contribution < -0.4 is 0 Å². The summed E-state index contributed by atoms with van der Waals surface area (Å²) in [7, 11) is 0. The molecule has 4 heteroatoms. The summed E-state index contributed by atoms with van der Waals surface area (Å²) in [4.78, 5) is 11.1. The summed E-state index contributed by atoms with van der Waals surface area (Å²) in [5.41, 5.74) is 1.18. The first-order valence-electron chi connectivity index (χ1n) is 7.87. The van der Waals surface area contributed by atoms with Crippen molar-refractivity contribution in [2.45, 2.75) is 45.3 Å². The van der Waals surface area contributed by atoms with E-state index >= 15 is 0 Å². The average Bonchev–Trinajstić information content (AvgIpc) is 2.53. The molecule has 0 saturated heterocycles. The van der Waals surface area contributed by atoms with E-state index in [-0.39, 0.29) is 0 Å². The molecule has 4 nitrogen and oxygen atoms in total. The van der Waals surface area contributed by atoms with Crippen molar-refractivity contribution in [2.75, 3.05) is 13.2 Å². The van der Waals surface area contributed by atoms with Crippen LogP contribution in [0.25, 0.3) is 0 Å². The Morgan fingerprint density at radius 1 is 1.23 bits per heavy atom. The van der Waals surface area contributed by atoms with Crippen LogP contribution in [0.15, 0.2) is 42.5 Å². The molecule has 0 radical (unpaired) electrons. The second kappa shape index (κ2) is 12.0. The Morgan fingerprint density at radius 3 is 2.73 bits per heavy atom. The Bertz CT molecular complexity index is 428. The number of esters is 1. The van der Waals surface area contributed by atoms with Gasteiger partial charge in [0.2, 0.25) is 0 Å². The molecule has 0 aliphatic carbocycles. The van der Waals surface area contributed by atoms with E-state index in [1.54, 1.807) is 6.92 Å². The molecule has 122 valence electrons. The van der Waals surface area contributed by atoms with Crippen molar-refractivity contribution in [1.29, 1.82) is 0 Å². The number of aliphatic hydroxyl groups excluding tert-OH is 1. The summed E-state index contributed by atoms with van der Waals surface area (Å²) in [5.74, 6) is -0.407. The van der Waals surface area contributed by atoms with Gasteiger partial charge in [-0.3, -0.25) is 0 Å². The van der Waals surface area contributed by atoms with Gasteiger partial charge in [-0.05, 0) is 31.4 Å². The number of carbonyl (C=O) groups excluding carboxylic acids is 1.